The molecule has 0 aliphatic rings. The van der Waals surface area contributed by atoms with E-state index in [4.69, 9.17) is 30.9 Å². The summed E-state index contributed by atoms with van der Waals surface area (Å²) in [6, 6.07) is 2.33. The number of pyridine rings is 1. The van der Waals surface area contributed by atoms with Gasteiger partial charge in [0.15, 0.2) is 0 Å². The van der Waals surface area contributed by atoms with Crippen LogP contribution in [0.2, 0.25) is 0 Å². The van der Waals surface area contributed by atoms with Crippen LogP contribution in [0.1, 0.15) is 74.3 Å². The lowest BCUT2D eigenvalue weighted by atomic mass is 9.88. The molecule has 4 heterocycles. The SMILES string of the molecule is [2H]c1c([2H])c([2H])c(-c2ccc3c(c2)n(-c2cccc(Oc4cc(-n5c6ccccc6c6ccccc65)c5c6ccccc6n(-c6cc(C(C)(C)C)ccn6)c5c4)c2)[c-][n+]3-c2c(O[Si](c3c([2H])c([2H])c([2H])c([2H])c3[2H])(c3c([2H])c([2H])c([2H])c([2H])c3[2H])c3c([2H])c([2H])c([2H])c([2H])c3[2H])cccc2O[Si](c2c([2H])c([2H])c([2H])c([2H])c2[2H])(c2c([2H])c([2H])c([2H])c([2H])c2[2H])c2c([2H])c([2H])c([2H])c([2H])c2[2H])c([2H])c1[2H]. The Kier molecular flexibility index (Phi) is 9.13. The van der Waals surface area contributed by atoms with Crippen molar-refractivity contribution >= 4 is 102 Å². The Morgan fingerprint density at radius 1 is 0.394 bits per heavy atom. The first-order valence-corrected chi connectivity index (χ1v) is 36.3. The fourth-order valence-corrected chi connectivity index (χ4v) is 19.4. The third-order valence-corrected chi connectivity index (χ3v) is 24.7. The second-order valence-corrected chi connectivity index (χ2v) is 31.1. The summed E-state index contributed by atoms with van der Waals surface area (Å²) in [6.45, 7) is 6.24. The van der Waals surface area contributed by atoms with E-state index in [-0.39, 0.29) is 39.2 Å². The summed E-state index contributed by atoms with van der Waals surface area (Å²) < 4.78 is 363. The summed E-state index contributed by atoms with van der Waals surface area (Å²) in [5.74, 6) is -1.29. The van der Waals surface area contributed by atoms with Crippen molar-refractivity contribution in [1.29, 1.82) is 0 Å². The predicted molar refractivity (Wildman–Crippen MR) is 430 cm³/mol. The molecule has 4 aromatic heterocycles. The Bertz CT molecular complexity index is 7640. The van der Waals surface area contributed by atoms with E-state index in [0.29, 0.717) is 17.0 Å². The zero-order chi connectivity index (χ0) is 100. The number of benzene rings is 14. The molecule has 0 saturated carbocycles. The van der Waals surface area contributed by atoms with Gasteiger partial charge in [0.25, 0.3) is 6.33 Å². The molecule has 0 radical (unpaired) electrons. The lowest BCUT2D eigenvalue weighted by molar-refractivity contribution is -0.573. The number of hydrogen-bond acceptors (Lipinski definition) is 4. The molecular weight excluding hydrogens is 1300 g/mol. The summed E-state index contributed by atoms with van der Waals surface area (Å²) in [5, 5.41) is -3.90. The average Bonchev–Trinajstić information content (AvgIpc) is 1.66. The van der Waals surface area contributed by atoms with E-state index in [1.165, 1.54) is 34.9 Å². The quantitative estimate of drug-likeness (QED) is 0.0394. The minimum Gasteiger partial charge on any atom is -0.533 e. The Hall–Kier alpha value is -12.9. The number of ether oxygens (including phenoxy) is 1. The van der Waals surface area contributed by atoms with Crippen LogP contribution in [-0.4, -0.2) is 35.3 Å². The number of para-hydroxylation sites is 4. The van der Waals surface area contributed by atoms with Crippen molar-refractivity contribution in [3.63, 3.8) is 0 Å². The van der Waals surface area contributed by atoms with Crippen LogP contribution in [0.15, 0.2) is 375 Å². The molecule has 0 spiro atoms. The molecule has 14 aromatic carbocycles. The normalized spacial score (nSPS) is 16.7. The third-order valence-electron chi connectivity index (χ3n) is 18.0. The second-order valence-electron chi connectivity index (χ2n) is 25.0. The Morgan fingerprint density at radius 3 is 1.36 bits per heavy atom. The molecule has 8 nitrogen and oxygen atoms in total. The van der Waals surface area contributed by atoms with Crippen molar-refractivity contribution in [2.24, 2.45) is 0 Å². The number of fused-ring (bicyclic) bond motifs is 7. The summed E-state index contributed by atoms with van der Waals surface area (Å²) in [5.41, 5.74) is 2.26. The molecule has 10 heteroatoms. The number of rotatable bonds is 17. The molecule has 0 saturated heterocycles. The largest absolute Gasteiger partial charge is 0.533 e. The Morgan fingerprint density at radius 2 is 0.856 bits per heavy atom. The smallest absolute Gasteiger partial charge is 0.346 e. The maximum absolute atomic E-state index is 10.1. The van der Waals surface area contributed by atoms with Crippen LogP contribution < -0.4 is 49.3 Å². The highest BCUT2D eigenvalue weighted by atomic mass is 28.4. The molecule has 18 aromatic rings. The lowest BCUT2D eigenvalue weighted by Gasteiger charge is -2.36. The fraction of sp³-hybridized carbons (Fsp3) is 0.0426. The van der Waals surface area contributed by atoms with Crippen LogP contribution in [0.4, 0.5) is 0 Å². The van der Waals surface area contributed by atoms with Gasteiger partial charge in [0.05, 0.1) is 92.5 Å². The summed E-state index contributed by atoms with van der Waals surface area (Å²) in [4.78, 5) is 5.01. The molecule has 0 atom stereocenters. The highest BCUT2D eigenvalue weighted by molar-refractivity contribution is 7.08. The van der Waals surface area contributed by atoms with Crippen molar-refractivity contribution in [3.05, 3.63) is 387 Å². The van der Waals surface area contributed by atoms with Gasteiger partial charge in [-0.05, 0) is 120 Å². The van der Waals surface area contributed by atoms with Crippen molar-refractivity contribution < 1.29 is 66.1 Å². The van der Waals surface area contributed by atoms with Gasteiger partial charge in [-0.3, -0.25) is 13.7 Å². The molecule has 0 unspecified atom stereocenters. The summed E-state index contributed by atoms with van der Waals surface area (Å²) in [6.07, 6.45) is 5.00. The van der Waals surface area contributed by atoms with Gasteiger partial charge in [0, 0.05) is 39.9 Å². The highest BCUT2D eigenvalue weighted by Crippen LogP contribution is 2.44. The van der Waals surface area contributed by atoms with E-state index in [0.717, 1.165) is 66.4 Å². The molecule has 0 fully saturated rings. The number of nitrogens with zero attached hydrogens (tertiary/aromatic N) is 5. The first-order valence-electron chi connectivity index (χ1n) is 50.0. The maximum Gasteiger partial charge on any atom is 0.346 e. The van der Waals surface area contributed by atoms with Crippen molar-refractivity contribution in [2.75, 3.05) is 0 Å². The molecule has 0 aliphatic carbocycles. The zero-order valence-electron chi connectivity index (χ0n) is 90.0. The van der Waals surface area contributed by atoms with Crippen LogP contribution >= 0.6 is 0 Å². The molecule has 0 N–H and O–H groups in total. The topological polar surface area (TPSA) is 59.2 Å². The first-order chi connectivity index (χ1) is 65.7. The summed E-state index contributed by atoms with van der Waals surface area (Å²) in [7, 11) is -13.6. The van der Waals surface area contributed by atoms with Crippen molar-refractivity contribution in [3.8, 4) is 57.0 Å². The lowest BCUT2D eigenvalue weighted by Crippen LogP contribution is -2.72. The molecule has 0 bridgehead atoms. The molecule has 18 rings (SSSR count). The van der Waals surface area contributed by atoms with Gasteiger partial charge in [-0.15, -0.1) is 0 Å². The van der Waals surface area contributed by atoms with Gasteiger partial charge in [-0.25, -0.2) is 4.98 Å². The van der Waals surface area contributed by atoms with Gasteiger partial charge < -0.3 is 18.2 Å². The zero-order valence-corrected chi connectivity index (χ0v) is 57.0. The van der Waals surface area contributed by atoms with E-state index >= 15 is 0 Å². The van der Waals surface area contributed by atoms with Gasteiger partial charge in [-0.2, -0.15) is 0 Å². The number of imidazole rings is 1. The Balaban J connectivity index is 1.02. The summed E-state index contributed by atoms with van der Waals surface area (Å²) >= 11 is 0. The van der Waals surface area contributed by atoms with E-state index < -0.39 is 282 Å². The van der Waals surface area contributed by atoms with E-state index in [1.807, 2.05) is 102 Å². The van der Waals surface area contributed by atoms with E-state index in [2.05, 4.69) is 31.7 Å². The predicted octanol–water partition coefficient (Wildman–Crippen LogP) is 18.1. The van der Waals surface area contributed by atoms with E-state index in [1.54, 1.807) is 18.3 Å². The molecule has 0 aliphatic heterocycles. The monoisotopic (exact) mass is 1410 g/mol. The Labute approximate surface area is 655 Å². The fourth-order valence-electron chi connectivity index (χ4n) is 13.4. The molecule has 0 amide bonds. The molecule has 498 valence electrons. The van der Waals surface area contributed by atoms with E-state index in [9.17, 15) is 35.6 Å². The van der Waals surface area contributed by atoms with Crippen LogP contribution in [0.25, 0.3) is 88.7 Å². The highest BCUT2D eigenvalue weighted by Gasteiger charge is 2.47. The van der Waals surface area contributed by atoms with Crippen LogP contribution in [-0.2, 0) is 5.41 Å². The van der Waals surface area contributed by atoms with Crippen LogP contribution in [0, 0.1) is 6.33 Å². The van der Waals surface area contributed by atoms with Gasteiger partial charge in [0.2, 0.25) is 0 Å². The standard InChI is InChI=1S/C94H71N5O3Si2/c1-94(2,3)69-59-60-95-91(62-69)99-84-54-30-27-51-81(84)92-87(98-82-52-28-25-49-79(82)80-50-26-29-53-83(80)98)64-72(65-88(92)99)100-71-36-31-35-70(63-71)96-66-97(85-58-57-68(61-86(85)96)67-33-11-4-12-34-67)93-89(101-103(73-37-13-5-14-38-73,74-39-15-6-16-40-74)75-41-17-7-18-42-75)55-32-56-90(93)102-104(76-43-19-8-20-44-76,77-45-21-9-22-46-77)78-47-23-10-24-48-78/h4-65H,1-3H3/i4D,5D,6D,7D,8D,9D,10D,11D,12D,13D,14D,15D,16D,17D,18D,19D,20D,21D,22D,23D,24D,33D,34D,37D,38D,39D,40D,41D,42D,43D,44D,45D,46D,47D,48D. The van der Waals surface area contributed by atoms with Crippen molar-refractivity contribution in [1.82, 2.24) is 18.7 Å². The first kappa shape index (κ1) is 36.1. The number of hydrogen-bond donors (Lipinski definition) is 0. The van der Waals surface area contributed by atoms with Crippen LogP contribution in [0.5, 0.6) is 23.0 Å². The average molecular weight is 1410 g/mol. The third kappa shape index (κ3) is 11.0. The molecular formula is C94H71N5O3Si2. The maximum atomic E-state index is 10.1. The van der Waals surface area contributed by atoms with Gasteiger partial charge in [0.1, 0.15) is 34.5 Å². The van der Waals surface area contributed by atoms with Crippen LogP contribution in [0.3, 0.4) is 0 Å². The second kappa shape index (κ2) is 26.3. The minimum absolute atomic E-state index is 0.0106. The van der Waals surface area contributed by atoms with Crippen molar-refractivity contribution in [2.45, 2.75) is 26.2 Å². The minimum atomic E-state index is -6.78. The molecule has 104 heavy (non-hydrogen) atoms. The van der Waals surface area contributed by atoms with Gasteiger partial charge >= 0.3 is 16.6 Å². The van der Waals surface area contributed by atoms with Gasteiger partial charge in [-0.1, -0.05) is 311 Å². The number of aromatic nitrogens is 5.